The molecule has 6 nitrogen and oxygen atoms in total. The Kier molecular flexibility index (Phi) is 5.29. The first-order valence-electron chi connectivity index (χ1n) is 5.82. The Bertz CT molecular complexity index is 493. The first-order valence-corrected chi connectivity index (χ1v) is 6.61. The van der Waals surface area contributed by atoms with E-state index in [0.717, 1.165) is 0 Å². The van der Waals surface area contributed by atoms with Crippen molar-refractivity contribution in [3.05, 3.63) is 32.8 Å². The number of hydrogen-bond donors (Lipinski definition) is 1. The molecule has 0 radical (unpaired) electrons. The minimum atomic E-state index is -0.523. The van der Waals surface area contributed by atoms with E-state index in [0.29, 0.717) is 16.7 Å². The van der Waals surface area contributed by atoms with Crippen molar-refractivity contribution < 1.29 is 9.72 Å². The lowest BCUT2D eigenvalue weighted by molar-refractivity contribution is -0.384. The number of benzene rings is 1. The Morgan fingerprint density at radius 3 is 2.74 bits per heavy atom. The number of carbonyl (C=O) groups is 1. The van der Waals surface area contributed by atoms with Gasteiger partial charge in [-0.05, 0) is 26.0 Å². The highest BCUT2D eigenvalue weighted by Gasteiger charge is 2.20. The normalized spacial score (nSPS) is 11.8. The highest BCUT2D eigenvalue weighted by Crippen LogP contribution is 2.28. The average molecular weight is 330 g/mol. The monoisotopic (exact) mass is 329 g/mol. The van der Waals surface area contributed by atoms with Gasteiger partial charge < -0.3 is 10.2 Å². The van der Waals surface area contributed by atoms with Crippen LogP contribution in [0.5, 0.6) is 0 Å². The van der Waals surface area contributed by atoms with Crippen LogP contribution in [0.15, 0.2) is 22.7 Å². The zero-order valence-corrected chi connectivity index (χ0v) is 12.6. The van der Waals surface area contributed by atoms with Gasteiger partial charge in [-0.2, -0.15) is 0 Å². The molecule has 19 heavy (non-hydrogen) atoms. The van der Waals surface area contributed by atoms with Crippen LogP contribution in [0.2, 0.25) is 0 Å². The van der Waals surface area contributed by atoms with Crippen molar-refractivity contribution in [1.29, 1.82) is 0 Å². The molecule has 1 N–H and O–H groups in total. The average Bonchev–Trinajstić information content (AvgIpc) is 2.38. The van der Waals surface area contributed by atoms with Crippen molar-refractivity contribution in [1.82, 2.24) is 4.90 Å². The molecule has 1 aromatic carbocycles. The maximum atomic E-state index is 11.9. The van der Waals surface area contributed by atoms with Crippen molar-refractivity contribution in [2.24, 2.45) is 0 Å². The molecular weight excluding hydrogens is 314 g/mol. The van der Waals surface area contributed by atoms with Gasteiger partial charge in [0.05, 0.1) is 4.92 Å². The Hall–Kier alpha value is -1.63. The van der Waals surface area contributed by atoms with Crippen LogP contribution in [-0.2, 0) is 4.79 Å². The van der Waals surface area contributed by atoms with Gasteiger partial charge in [0.1, 0.15) is 11.7 Å². The summed E-state index contributed by atoms with van der Waals surface area (Å²) in [6, 6.07) is 4.15. The number of anilines is 1. The molecule has 1 amide bonds. The van der Waals surface area contributed by atoms with Crippen LogP contribution < -0.4 is 5.32 Å². The summed E-state index contributed by atoms with van der Waals surface area (Å²) in [5.74, 6) is -0.111. The van der Waals surface area contributed by atoms with Gasteiger partial charge in [0.2, 0.25) is 5.91 Å². The van der Waals surface area contributed by atoms with Crippen LogP contribution in [-0.4, -0.2) is 35.4 Å². The third-order valence-electron chi connectivity index (χ3n) is 2.75. The fourth-order valence-electron chi connectivity index (χ4n) is 1.56. The second-order valence-electron chi connectivity index (χ2n) is 4.14. The Morgan fingerprint density at radius 1 is 1.58 bits per heavy atom. The summed E-state index contributed by atoms with van der Waals surface area (Å²) in [5.41, 5.74) is 0.270. The van der Waals surface area contributed by atoms with Crippen molar-refractivity contribution >= 4 is 33.2 Å². The maximum Gasteiger partial charge on any atom is 0.293 e. The Balaban J connectivity index is 2.93. The number of hydrogen-bond acceptors (Lipinski definition) is 4. The zero-order valence-electron chi connectivity index (χ0n) is 11.0. The molecule has 1 rings (SSSR count). The molecule has 1 aromatic rings. The van der Waals surface area contributed by atoms with Gasteiger partial charge in [-0.25, -0.2) is 0 Å². The highest BCUT2D eigenvalue weighted by molar-refractivity contribution is 9.10. The number of nitro groups is 1. The SMILES string of the molecule is CCN(C)C(=O)C(C)Nc1ccc(Br)cc1[N+](=O)[O-]. The number of likely N-dealkylation sites (N-methyl/N-ethyl adjacent to an activating group) is 1. The summed E-state index contributed by atoms with van der Waals surface area (Å²) in [6.45, 7) is 4.14. The summed E-state index contributed by atoms with van der Waals surface area (Å²) in [7, 11) is 1.69. The van der Waals surface area contributed by atoms with Gasteiger partial charge >= 0.3 is 0 Å². The number of carbonyl (C=O) groups excluding carboxylic acids is 1. The summed E-state index contributed by atoms with van der Waals surface area (Å²) >= 11 is 3.19. The van der Waals surface area contributed by atoms with Gasteiger partial charge in [-0.1, -0.05) is 15.9 Å². The first kappa shape index (κ1) is 15.4. The smallest absolute Gasteiger partial charge is 0.293 e. The van der Waals surface area contributed by atoms with E-state index >= 15 is 0 Å². The zero-order chi connectivity index (χ0) is 14.6. The molecule has 7 heteroatoms. The van der Waals surface area contributed by atoms with Gasteiger partial charge in [-0.15, -0.1) is 0 Å². The summed E-state index contributed by atoms with van der Waals surface area (Å²) in [6.07, 6.45) is 0. The molecule has 0 aliphatic heterocycles. The Morgan fingerprint density at radius 2 is 2.21 bits per heavy atom. The highest BCUT2D eigenvalue weighted by atomic mass is 79.9. The molecule has 0 saturated carbocycles. The summed E-state index contributed by atoms with van der Waals surface area (Å²) < 4.78 is 0.620. The molecule has 0 aromatic heterocycles. The number of rotatable bonds is 5. The van der Waals surface area contributed by atoms with Crippen molar-refractivity contribution in [2.45, 2.75) is 19.9 Å². The first-order chi connectivity index (χ1) is 8.86. The largest absolute Gasteiger partial charge is 0.368 e. The molecular formula is C12H16BrN3O3. The van der Waals surface area contributed by atoms with Gasteiger partial charge in [0.25, 0.3) is 5.69 Å². The van der Waals surface area contributed by atoms with E-state index in [-0.39, 0.29) is 11.6 Å². The summed E-state index contributed by atoms with van der Waals surface area (Å²) in [5, 5.41) is 13.8. The number of halogens is 1. The standard InChI is InChI=1S/C12H16BrN3O3/c1-4-15(3)12(17)8(2)14-10-6-5-9(13)7-11(10)16(18)19/h5-8,14H,4H2,1-3H3. The molecule has 0 aliphatic carbocycles. The second-order valence-corrected chi connectivity index (χ2v) is 5.05. The van der Waals surface area contributed by atoms with Crippen LogP contribution in [0.4, 0.5) is 11.4 Å². The van der Waals surface area contributed by atoms with E-state index in [2.05, 4.69) is 21.2 Å². The van der Waals surface area contributed by atoms with E-state index in [1.54, 1.807) is 31.0 Å². The van der Waals surface area contributed by atoms with Crippen LogP contribution in [0.1, 0.15) is 13.8 Å². The predicted octanol–water partition coefficient (Wildman–Crippen LogP) is 2.64. The minimum Gasteiger partial charge on any atom is -0.368 e. The molecule has 1 atom stereocenters. The van der Waals surface area contributed by atoms with Gasteiger partial charge in [0.15, 0.2) is 0 Å². The summed E-state index contributed by atoms with van der Waals surface area (Å²) in [4.78, 5) is 24.0. The molecule has 0 heterocycles. The van der Waals surface area contributed by atoms with Gasteiger partial charge in [-0.3, -0.25) is 14.9 Å². The van der Waals surface area contributed by atoms with E-state index in [1.807, 2.05) is 6.92 Å². The lowest BCUT2D eigenvalue weighted by atomic mass is 10.2. The molecule has 0 aliphatic rings. The molecule has 1 unspecified atom stereocenters. The van der Waals surface area contributed by atoms with E-state index in [1.165, 1.54) is 6.07 Å². The second kappa shape index (κ2) is 6.51. The van der Waals surface area contributed by atoms with Gasteiger partial charge in [0, 0.05) is 24.1 Å². The third-order valence-corrected chi connectivity index (χ3v) is 3.24. The minimum absolute atomic E-state index is 0.0619. The van der Waals surface area contributed by atoms with Crippen molar-refractivity contribution in [3.8, 4) is 0 Å². The van der Waals surface area contributed by atoms with Crippen molar-refractivity contribution in [3.63, 3.8) is 0 Å². The predicted molar refractivity (Wildman–Crippen MR) is 77.2 cm³/mol. The lowest BCUT2D eigenvalue weighted by Crippen LogP contribution is -2.38. The number of nitro benzene ring substituents is 1. The van der Waals surface area contributed by atoms with E-state index in [9.17, 15) is 14.9 Å². The quantitative estimate of drug-likeness (QED) is 0.665. The Labute approximate surface area is 120 Å². The van der Waals surface area contributed by atoms with Crippen LogP contribution in [0.25, 0.3) is 0 Å². The van der Waals surface area contributed by atoms with E-state index in [4.69, 9.17) is 0 Å². The maximum absolute atomic E-state index is 11.9. The fourth-order valence-corrected chi connectivity index (χ4v) is 1.91. The number of nitrogens with zero attached hydrogens (tertiary/aromatic N) is 2. The van der Waals surface area contributed by atoms with Crippen LogP contribution in [0.3, 0.4) is 0 Å². The molecule has 0 saturated heterocycles. The molecule has 0 spiro atoms. The molecule has 104 valence electrons. The van der Waals surface area contributed by atoms with Crippen LogP contribution >= 0.6 is 15.9 Å². The topological polar surface area (TPSA) is 75.5 Å². The van der Waals surface area contributed by atoms with Crippen molar-refractivity contribution in [2.75, 3.05) is 18.9 Å². The fraction of sp³-hybridized carbons (Fsp3) is 0.417. The number of amides is 1. The van der Waals surface area contributed by atoms with E-state index < -0.39 is 11.0 Å². The molecule has 0 bridgehead atoms. The lowest BCUT2D eigenvalue weighted by Gasteiger charge is -2.21. The molecule has 0 fully saturated rings. The number of nitrogens with one attached hydrogen (secondary N) is 1. The third kappa shape index (κ3) is 3.92. The van der Waals surface area contributed by atoms with Crippen LogP contribution in [0, 0.1) is 10.1 Å².